The lowest BCUT2D eigenvalue weighted by atomic mass is 10.0. The minimum absolute atomic E-state index is 0.0841. The van der Waals surface area contributed by atoms with Gasteiger partial charge in [-0.3, -0.25) is 9.69 Å². The zero-order chi connectivity index (χ0) is 14.0. The van der Waals surface area contributed by atoms with Gasteiger partial charge in [0.05, 0.1) is 6.42 Å². The molecule has 1 saturated heterocycles. The second kappa shape index (κ2) is 5.44. The first-order chi connectivity index (χ1) is 9.67. The minimum Gasteiger partial charge on any atom is -0.481 e. The largest absolute Gasteiger partial charge is 0.481 e. The Morgan fingerprint density at radius 1 is 1.10 bits per heavy atom. The van der Waals surface area contributed by atoms with Crippen LogP contribution in [0.3, 0.4) is 0 Å². The van der Waals surface area contributed by atoms with Crippen molar-refractivity contribution in [2.75, 3.05) is 37.6 Å². The molecule has 0 spiro atoms. The van der Waals surface area contributed by atoms with Gasteiger partial charge in [-0.05, 0) is 30.4 Å². The predicted molar refractivity (Wildman–Crippen MR) is 79.0 cm³/mol. The summed E-state index contributed by atoms with van der Waals surface area (Å²) in [5, 5.41) is 8.98. The fourth-order valence-electron chi connectivity index (χ4n) is 3.17. The van der Waals surface area contributed by atoms with Crippen LogP contribution in [0.25, 0.3) is 0 Å². The molecule has 20 heavy (non-hydrogen) atoms. The summed E-state index contributed by atoms with van der Waals surface area (Å²) in [7, 11) is 0. The Bertz CT molecular complexity index is 463. The maximum atomic E-state index is 10.9. The number of carboxylic acids is 1. The fraction of sp³-hybridized carbons (Fsp3) is 0.562. The van der Waals surface area contributed by atoms with Crippen LogP contribution < -0.4 is 4.90 Å². The second-order valence-electron chi connectivity index (χ2n) is 6.17. The summed E-state index contributed by atoms with van der Waals surface area (Å²) < 4.78 is 0. The van der Waals surface area contributed by atoms with E-state index in [1.807, 2.05) is 6.07 Å². The molecule has 108 valence electrons. The number of para-hydroxylation sites is 1. The number of carboxylic acid groups (broad SMARTS) is 1. The average molecular weight is 274 g/mol. The van der Waals surface area contributed by atoms with Crippen molar-refractivity contribution in [1.29, 1.82) is 0 Å². The summed E-state index contributed by atoms with van der Waals surface area (Å²) in [5.41, 5.74) is 1.37. The second-order valence-corrected chi connectivity index (χ2v) is 6.17. The van der Waals surface area contributed by atoms with Crippen molar-refractivity contribution < 1.29 is 9.90 Å². The highest BCUT2D eigenvalue weighted by molar-refractivity contribution is 5.68. The van der Waals surface area contributed by atoms with Gasteiger partial charge >= 0.3 is 5.97 Å². The lowest BCUT2D eigenvalue weighted by molar-refractivity contribution is -0.138. The highest BCUT2D eigenvalue weighted by atomic mass is 16.4. The molecule has 3 rings (SSSR count). The van der Waals surface area contributed by atoms with Crippen LogP contribution in [0.2, 0.25) is 0 Å². The van der Waals surface area contributed by atoms with Crippen LogP contribution in [-0.4, -0.2) is 48.7 Å². The summed E-state index contributed by atoms with van der Waals surface area (Å²) in [5.74, 6) is -0.648. The van der Waals surface area contributed by atoms with Crippen LogP contribution in [0.15, 0.2) is 30.3 Å². The lowest BCUT2D eigenvalue weighted by Gasteiger charge is -2.37. The number of aliphatic carboxylic acids is 1. The van der Waals surface area contributed by atoms with E-state index in [1.165, 1.54) is 5.69 Å². The molecule has 0 unspecified atom stereocenters. The van der Waals surface area contributed by atoms with Gasteiger partial charge in [0, 0.05) is 38.4 Å². The third-order valence-corrected chi connectivity index (χ3v) is 4.54. The smallest absolute Gasteiger partial charge is 0.303 e. The maximum absolute atomic E-state index is 10.9. The van der Waals surface area contributed by atoms with Crippen molar-refractivity contribution in [2.45, 2.75) is 19.3 Å². The molecule has 0 bridgehead atoms. The van der Waals surface area contributed by atoms with Gasteiger partial charge in [-0.1, -0.05) is 18.2 Å². The van der Waals surface area contributed by atoms with E-state index in [-0.39, 0.29) is 5.41 Å². The summed E-state index contributed by atoms with van der Waals surface area (Å²) in [6, 6.07) is 10.5. The summed E-state index contributed by atoms with van der Waals surface area (Å²) in [6.45, 7) is 5.11. The van der Waals surface area contributed by atoms with Gasteiger partial charge in [0.25, 0.3) is 0 Å². The highest BCUT2D eigenvalue weighted by Gasteiger charge is 2.45. The van der Waals surface area contributed by atoms with Crippen LogP contribution in [0.1, 0.15) is 19.3 Å². The van der Waals surface area contributed by atoms with Crippen molar-refractivity contribution in [3.05, 3.63) is 30.3 Å². The molecule has 0 atom stereocenters. The monoisotopic (exact) mass is 274 g/mol. The molecule has 1 N–H and O–H groups in total. The van der Waals surface area contributed by atoms with Crippen molar-refractivity contribution in [1.82, 2.24) is 4.90 Å². The zero-order valence-corrected chi connectivity index (χ0v) is 11.8. The normalized spacial score (nSPS) is 21.7. The van der Waals surface area contributed by atoms with E-state index < -0.39 is 5.97 Å². The number of hydrogen-bond acceptors (Lipinski definition) is 3. The standard InChI is InChI=1S/C16H22N2O2/c19-15(20)12-16(6-7-16)13-17-8-10-18(11-9-17)14-4-2-1-3-5-14/h1-5H,6-13H2,(H,19,20). The van der Waals surface area contributed by atoms with Crippen LogP contribution in [0, 0.1) is 5.41 Å². The van der Waals surface area contributed by atoms with Gasteiger partial charge in [-0.2, -0.15) is 0 Å². The van der Waals surface area contributed by atoms with Crippen molar-refractivity contribution in [2.24, 2.45) is 5.41 Å². The molecule has 0 aromatic heterocycles. The van der Waals surface area contributed by atoms with E-state index in [9.17, 15) is 4.79 Å². The van der Waals surface area contributed by atoms with Crippen LogP contribution in [-0.2, 0) is 4.79 Å². The van der Waals surface area contributed by atoms with Crippen LogP contribution in [0.4, 0.5) is 5.69 Å². The Balaban J connectivity index is 1.51. The topological polar surface area (TPSA) is 43.8 Å². The SMILES string of the molecule is O=C(O)CC1(CN2CCN(c3ccccc3)CC2)CC1. The zero-order valence-electron chi connectivity index (χ0n) is 11.8. The van der Waals surface area contributed by atoms with E-state index in [1.54, 1.807) is 0 Å². The highest BCUT2D eigenvalue weighted by Crippen LogP contribution is 2.49. The number of piperazine rings is 1. The number of rotatable bonds is 5. The third-order valence-electron chi connectivity index (χ3n) is 4.54. The van der Waals surface area contributed by atoms with Gasteiger partial charge in [0.2, 0.25) is 0 Å². The van der Waals surface area contributed by atoms with Crippen LogP contribution in [0.5, 0.6) is 0 Å². The molecule has 1 saturated carbocycles. The van der Waals surface area contributed by atoms with Crippen molar-refractivity contribution >= 4 is 11.7 Å². The fourth-order valence-corrected chi connectivity index (χ4v) is 3.17. The minimum atomic E-state index is -0.648. The molecule has 1 heterocycles. The molecule has 1 aliphatic carbocycles. The Labute approximate surface area is 120 Å². The Morgan fingerprint density at radius 2 is 1.75 bits per heavy atom. The van der Waals surface area contributed by atoms with E-state index in [2.05, 4.69) is 34.1 Å². The number of nitrogens with zero attached hydrogens (tertiary/aromatic N) is 2. The number of benzene rings is 1. The number of carbonyl (C=O) groups is 1. The molecule has 2 aliphatic rings. The number of hydrogen-bond donors (Lipinski definition) is 1. The predicted octanol–water partition coefficient (Wildman–Crippen LogP) is 2.06. The Hall–Kier alpha value is -1.55. The van der Waals surface area contributed by atoms with E-state index in [0.29, 0.717) is 6.42 Å². The lowest BCUT2D eigenvalue weighted by Crippen LogP contribution is -2.48. The van der Waals surface area contributed by atoms with Gasteiger partial charge in [-0.25, -0.2) is 0 Å². The maximum Gasteiger partial charge on any atom is 0.303 e. The first-order valence-corrected chi connectivity index (χ1v) is 7.41. The summed E-state index contributed by atoms with van der Waals surface area (Å²) in [6.07, 6.45) is 2.50. The molecule has 4 nitrogen and oxygen atoms in total. The molecular weight excluding hydrogens is 252 g/mol. The first-order valence-electron chi connectivity index (χ1n) is 7.41. The van der Waals surface area contributed by atoms with E-state index in [0.717, 1.165) is 45.6 Å². The Morgan fingerprint density at radius 3 is 2.30 bits per heavy atom. The van der Waals surface area contributed by atoms with Gasteiger partial charge < -0.3 is 10.0 Å². The molecule has 2 fully saturated rings. The molecule has 1 aromatic carbocycles. The van der Waals surface area contributed by atoms with Gasteiger partial charge in [-0.15, -0.1) is 0 Å². The van der Waals surface area contributed by atoms with Crippen molar-refractivity contribution in [3.63, 3.8) is 0 Å². The molecule has 0 amide bonds. The quantitative estimate of drug-likeness (QED) is 0.892. The van der Waals surface area contributed by atoms with Gasteiger partial charge in [0.1, 0.15) is 0 Å². The number of anilines is 1. The average Bonchev–Trinajstić information content (AvgIpc) is 3.19. The van der Waals surface area contributed by atoms with E-state index >= 15 is 0 Å². The third kappa shape index (κ3) is 3.12. The molecule has 1 aromatic rings. The molecule has 0 radical (unpaired) electrons. The summed E-state index contributed by atoms with van der Waals surface area (Å²) >= 11 is 0. The van der Waals surface area contributed by atoms with Gasteiger partial charge in [0.15, 0.2) is 0 Å². The first kappa shape index (κ1) is 13.4. The molecule has 4 heteroatoms. The molecule has 1 aliphatic heterocycles. The Kier molecular flexibility index (Phi) is 3.66. The van der Waals surface area contributed by atoms with Crippen molar-refractivity contribution in [3.8, 4) is 0 Å². The van der Waals surface area contributed by atoms with Crippen LogP contribution >= 0.6 is 0 Å². The van der Waals surface area contributed by atoms with E-state index in [4.69, 9.17) is 5.11 Å². The molecular formula is C16H22N2O2. The summed E-state index contributed by atoms with van der Waals surface area (Å²) in [4.78, 5) is 15.8.